The summed E-state index contributed by atoms with van der Waals surface area (Å²) in [7, 11) is 1.46. The van der Waals surface area contributed by atoms with Crippen molar-refractivity contribution in [2.75, 3.05) is 20.1 Å². The number of likely N-dealkylation sites (tertiary alicyclic amines) is 1. The van der Waals surface area contributed by atoms with Crippen LogP contribution in [-0.2, 0) is 4.79 Å². The molecular formula is C10H19N3O3. The predicted molar refractivity (Wildman–Crippen MR) is 58.9 cm³/mol. The molecule has 1 heterocycles. The van der Waals surface area contributed by atoms with Crippen LogP contribution in [0, 0.1) is 0 Å². The molecule has 0 radical (unpaired) electrons. The standard InChI is InChI=1S/C10H19N3O3/c1-7(9(15)12-10(16)11-2)13-5-3-8(14)4-6-13/h7-8,14H,3-6H2,1-2H3,(H2,11,12,15,16). The van der Waals surface area contributed by atoms with Gasteiger partial charge in [0, 0.05) is 20.1 Å². The lowest BCUT2D eigenvalue weighted by atomic mass is 10.1. The number of imide groups is 1. The van der Waals surface area contributed by atoms with Crippen LogP contribution in [0.5, 0.6) is 0 Å². The van der Waals surface area contributed by atoms with Gasteiger partial charge in [-0.3, -0.25) is 15.0 Å². The minimum absolute atomic E-state index is 0.259. The number of urea groups is 1. The zero-order valence-corrected chi connectivity index (χ0v) is 9.69. The highest BCUT2D eigenvalue weighted by molar-refractivity contribution is 5.96. The first-order chi connectivity index (χ1) is 7.54. The molecule has 0 aromatic rings. The molecule has 1 fully saturated rings. The second kappa shape index (κ2) is 5.81. The molecule has 0 aromatic carbocycles. The fraction of sp³-hybridized carbons (Fsp3) is 0.800. The molecule has 0 bridgehead atoms. The highest BCUT2D eigenvalue weighted by Crippen LogP contribution is 2.12. The Morgan fingerprint density at radius 2 is 1.94 bits per heavy atom. The lowest BCUT2D eigenvalue weighted by molar-refractivity contribution is -0.125. The van der Waals surface area contributed by atoms with Gasteiger partial charge in [0.1, 0.15) is 0 Å². The molecule has 6 nitrogen and oxygen atoms in total. The summed E-state index contributed by atoms with van der Waals surface area (Å²) in [5.41, 5.74) is 0. The van der Waals surface area contributed by atoms with Gasteiger partial charge in [0.2, 0.25) is 5.91 Å². The summed E-state index contributed by atoms with van der Waals surface area (Å²) in [6.07, 6.45) is 1.10. The molecule has 1 aliphatic heterocycles. The van der Waals surface area contributed by atoms with Crippen LogP contribution in [0.15, 0.2) is 0 Å². The van der Waals surface area contributed by atoms with E-state index in [9.17, 15) is 14.7 Å². The number of nitrogens with zero attached hydrogens (tertiary/aromatic N) is 1. The third-order valence-electron chi connectivity index (χ3n) is 2.89. The highest BCUT2D eigenvalue weighted by atomic mass is 16.3. The fourth-order valence-corrected chi connectivity index (χ4v) is 1.72. The Balaban J connectivity index is 2.41. The van der Waals surface area contributed by atoms with Crippen molar-refractivity contribution < 1.29 is 14.7 Å². The zero-order valence-electron chi connectivity index (χ0n) is 9.69. The van der Waals surface area contributed by atoms with Crippen LogP contribution < -0.4 is 10.6 Å². The van der Waals surface area contributed by atoms with Crippen molar-refractivity contribution in [1.29, 1.82) is 0 Å². The second-order valence-electron chi connectivity index (χ2n) is 4.01. The number of piperidine rings is 1. The number of carbonyl (C=O) groups excluding carboxylic acids is 2. The monoisotopic (exact) mass is 229 g/mol. The quantitative estimate of drug-likeness (QED) is 0.584. The smallest absolute Gasteiger partial charge is 0.321 e. The Hall–Kier alpha value is -1.14. The summed E-state index contributed by atoms with van der Waals surface area (Å²) in [6.45, 7) is 3.13. The molecule has 1 saturated heterocycles. The normalized spacial score (nSPS) is 20.2. The summed E-state index contributed by atoms with van der Waals surface area (Å²) in [6, 6.07) is -0.835. The van der Waals surface area contributed by atoms with Crippen LogP contribution >= 0.6 is 0 Å². The van der Waals surface area contributed by atoms with Crippen molar-refractivity contribution in [3.05, 3.63) is 0 Å². The molecule has 1 atom stereocenters. The van der Waals surface area contributed by atoms with Crippen LogP contribution in [0.3, 0.4) is 0 Å². The van der Waals surface area contributed by atoms with E-state index >= 15 is 0 Å². The molecule has 16 heavy (non-hydrogen) atoms. The Bertz CT molecular complexity index is 262. The zero-order chi connectivity index (χ0) is 12.1. The summed E-state index contributed by atoms with van der Waals surface area (Å²) >= 11 is 0. The maximum atomic E-state index is 11.6. The number of rotatable bonds is 2. The number of hydrogen-bond acceptors (Lipinski definition) is 4. The Morgan fingerprint density at radius 3 is 2.44 bits per heavy atom. The van der Waals surface area contributed by atoms with Crippen LogP contribution in [0.2, 0.25) is 0 Å². The predicted octanol–water partition coefficient (Wildman–Crippen LogP) is -0.713. The number of aliphatic hydroxyl groups excluding tert-OH is 1. The van der Waals surface area contributed by atoms with E-state index in [2.05, 4.69) is 10.6 Å². The Kier molecular flexibility index (Phi) is 4.70. The lowest BCUT2D eigenvalue weighted by Gasteiger charge is -2.33. The van der Waals surface area contributed by atoms with E-state index in [0.717, 1.165) is 0 Å². The first-order valence-electron chi connectivity index (χ1n) is 5.49. The van der Waals surface area contributed by atoms with Gasteiger partial charge in [0.15, 0.2) is 0 Å². The second-order valence-corrected chi connectivity index (χ2v) is 4.01. The molecule has 3 amide bonds. The van der Waals surface area contributed by atoms with Crippen molar-refractivity contribution in [1.82, 2.24) is 15.5 Å². The summed E-state index contributed by atoms with van der Waals surface area (Å²) < 4.78 is 0. The van der Waals surface area contributed by atoms with Gasteiger partial charge >= 0.3 is 6.03 Å². The summed E-state index contributed by atoms with van der Waals surface area (Å²) in [5.74, 6) is -0.310. The van der Waals surface area contributed by atoms with Gasteiger partial charge in [-0.05, 0) is 19.8 Å². The first-order valence-corrected chi connectivity index (χ1v) is 5.49. The average Bonchev–Trinajstić information content (AvgIpc) is 2.28. The van der Waals surface area contributed by atoms with Crippen molar-refractivity contribution in [3.63, 3.8) is 0 Å². The van der Waals surface area contributed by atoms with Crippen LogP contribution in [0.4, 0.5) is 4.79 Å². The van der Waals surface area contributed by atoms with Gasteiger partial charge in [-0.15, -0.1) is 0 Å². The van der Waals surface area contributed by atoms with Crippen molar-refractivity contribution in [3.8, 4) is 0 Å². The van der Waals surface area contributed by atoms with Crippen LogP contribution in [-0.4, -0.2) is 54.2 Å². The topological polar surface area (TPSA) is 81.7 Å². The molecule has 92 valence electrons. The van der Waals surface area contributed by atoms with E-state index in [0.29, 0.717) is 25.9 Å². The molecule has 0 spiro atoms. The van der Waals surface area contributed by atoms with E-state index in [-0.39, 0.29) is 18.1 Å². The van der Waals surface area contributed by atoms with Gasteiger partial charge in [0.05, 0.1) is 12.1 Å². The van der Waals surface area contributed by atoms with Crippen molar-refractivity contribution >= 4 is 11.9 Å². The largest absolute Gasteiger partial charge is 0.393 e. The first kappa shape index (κ1) is 12.9. The molecule has 3 N–H and O–H groups in total. The minimum Gasteiger partial charge on any atom is -0.393 e. The third kappa shape index (κ3) is 3.46. The van der Waals surface area contributed by atoms with Crippen molar-refractivity contribution in [2.24, 2.45) is 0 Å². The number of aliphatic hydroxyl groups is 1. The Labute approximate surface area is 95.0 Å². The molecule has 0 aromatic heterocycles. The Morgan fingerprint density at radius 1 is 1.38 bits per heavy atom. The molecule has 1 rings (SSSR count). The molecular weight excluding hydrogens is 210 g/mol. The third-order valence-corrected chi connectivity index (χ3v) is 2.89. The minimum atomic E-state index is -0.492. The number of hydrogen-bond donors (Lipinski definition) is 3. The van der Waals surface area contributed by atoms with E-state index in [4.69, 9.17) is 0 Å². The van der Waals surface area contributed by atoms with Gasteiger partial charge < -0.3 is 10.4 Å². The van der Waals surface area contributed by atoms with E-state index in [1.807, 2.05) is 4.90 Å². The molecule has 6 heteroatoms. The van der Waals surface area contributed by atoms with Gasteiger partial charge in [0.25, 0.3) is 0 Å². The van der Waals surface area contributed by atoms with Gasteiger partial charge in [-0.2, -0.15) is 0 Å². The SMILES string of the molecule is CNC(=O)NC(=O)C(C)N1CCC(O)CC1. The average molecular weight is 229 g/mol. The van der Waals surface area contributed by atoms with E-state index in [1.165, 1.54) is 7.05 Å². The van der Waals surface area contributed by atoms with E-state index in [1.54, 1.807) is 6.92 Å². The molecule has 0 aliphatic carbocycles. The number of nitrogens with one attached hydrogen (secondary N) is 2. The highest BCUT2D eigenvalue weighted by Gasteiger charge is 2.26. The lowest BCUT2D eigenvalue weighted by Crippen LogP contribution is -2.51. The van der Waals surface area contributed by atoms with Gasteiger partial charge in [-0.1, -0.05) is 0 Å². The van der Waals surface area contributed by atoms with Crippen molar-refractivity contribution in [2.45, 2.75) is 31.9 Å². The molecule has 1 unspecified atom stereocenters. The fourth-order valence-electron chi connectivity index (χ4n) is 1.72. The maximum absolute atomic E-state index is 11.6. The van der Waals surface area contributed by atoms with Gasteiger partial charge in [-0.25, -0.2) is 4.79 Å². The molecule has 1 aliphatic rings. The summed E-state index contributed by atoms with van der Waals surface area (Å²) in [5, 5.41) is 13.9. The molecule has 0 saturated carbocycles. The number of amides is 3. The number of carbonyl (C=O) groups is 2. The van der Waals surface area contributed by atoms with E-state index < -0.39 is 6.03 Å². The maximum Gasteiger partial charge on any atom is 0.321 e. The van der Waals surface area contributed by atoms with Crippen LogP contribution in [0.25, 0.3) is 0 Å². The van der Waals surface area contributed by atoms with Crippen LogP contribution in [0.1, 0.15) is 19.8 Å². The summed E-state index contributed by atoms with van der Waals surface area (Å²) in [4.78, 5) is 24.5.